The number of nitrogens with two attached hydrogens (primary N) is 1. The number of nitrogens with one attached hydrogen (secondary N) is 2. The first-order valence-electron chi connectivity index (χ1n) is 8.20. The van der Waals surface area contributed by atoms with Gasteiger partial charge in [-0.15, -0.1) is 0 Å². The summed E-state index contributed by atoms with van der Waals surface area (Å²) >= 11 is 0. The van der Waals surface area contributed by atoms with Crippen LogP contribution in [0.15, 0.2) is 54.3 Å². The van der Waals surface area contributed by atoms with Crippen LogP contribution in [-0.2, 0) is 0 Å². The van der Waals surface area contributed by atoms with Crippen molar-refractivity contribution in [2.45, 2.75) is 38.0 Å². The van der Waals surface area contributed by atoms with E-state index in [1.165, 1.54) is 43.7 Å². The standard InChI is InChI=1S/C20H25N3/c21-15-14-20(23)19(22)9-5-4-6-16-10-12-18(13-11-16)17-7-2-1-3-8-17/h4-6,9-15,17,21-22H,1-3,7-8,23H2/b6-4+,9-5-,20-14-,21-15?,22-19?. The molecule has 0 unspecified atom stereocenters. The van der Waals surface area contributed by atoms with Gasteiger partial charge in [-0.05, 0) is 42.0 Å². The molecular weight excluding hydrogens is 282 g/mol. The molecule has 0 heterocycles. The Bertz CT molecular complexity index is 615. The lowest BCUT2D eigenvalue weighted by Gasteiger charge is -2.21. The molecule has 3 heteroatoms. The Morgan fingerprint density at radius 2 is 1.74 bits per heavy atom. The first-order valence-corrected chi connectivity index (χ1v) is 8.20. The first kappa shape index (κ1) is 16.9. The van der Waals surface area contributed by atoms with Gasteiger partial charge in [0.05, 0.1) is 11.4 Å². The molecule has 1 aliphatic carbocycles. The van der Waals surface area contributed by atoms with Crippen molar-refractivity contribution in [1.82, 2.24) is 0 Å². The summed E-state index contributed by atoms with van der Waals surface area (Å²) in [6.45, 7) is 0. The highest BCUT2D eigenvalue weighted by molar-refractivity contribution is 6.07. The Morgan fingerprint density at radius 1 is 1.04 bits per heavy atom. The lowest BCUT2D eigenvalue weighted by Crippen LogP contribution is -2.07. The monoisotopic (exact) mass is 307 g/mol. The van der Waals surface area contributed by atoms with Crippen LogP contribution < -0.4 is 5.73 Å². The molecule has 0 spiro atoms. The second kappa shape index (κ2) is 8.89. The second-order valence-electron chi connectivity index (χ2n) is 5.92. The predicted octanol–water partition coefficient (Wildman–Crippen LogP) is 4.82. The fraction of sp³-hybridized carbons (Fsp3) is 0.300. The third-order valence-corrected chi connectivity index (χ3v) is 4.25. The van der Waals surface area contributed by atoms with E-state index in [2.05, 4.69) is 24.3 Å². The normalized spacial score (nSPS) is 17.0. The lowest BCUT2D eigenvalue weighted by atomic mass is 9.84. The van der Waals surface area contributed by atoms with Gasteiger partial charge in [0, 0.05) is 6.21 Å². The van der Waals surface area contributed by atoms with Crippen LogP contribution in [0.3, 0.4) is 0 Å². The van der Waals surface area contributed by atoms with Crippen LogP contribution in [0.4, 0.5) is 0 Å². The molecule has 0 atom stereocenters. The quantitative estimate of drug-likeness (QED) is 0.512. The maximum absolute atomic E-state index is 7.71. The average molecular weight is 307 g/mol. The highest BCUT2D eigenvalue weighted by atomic mass is 14.6. The van der Waals surface area contributed by atoms with Gasteiger partial charge < -0.3 is 11.1 Å². The Kier molecular flexibility index (Phi) is 6.55. The summed E-state index contributed by atoms with van der Waals surface area (Å²) in [5.74, 6) is 0.741. The van der Waals surface area contributed by atoms with E-state index in [1.807, 2.05) is 12.2 Å². The van der Waals surface area contributed by atoms with E-state index in [-0.39, 0.29) is 5.71 Å². The fourth-order valence-electron chi connectivity index (χ4n) is 2.91. The number of hydrogen-bond donors (Lipinski definition) is 3. The van der Waals surface area contributed by atoms with E-state index >= 15 is 0 Å². The van der Waals surface area contributed by atoms with Crippen LogP contribution in [0.1, 0.15) is 49.1 Å². The van der Waals surface area contributed by atoms with Crippen molar-refractivity contribution in [3.05, 3.63) is 65.4 Å². The lowest BCUT2D eigenvalue weighted by molar-refractivity contribution is 0.443. The van der Waals surface area contributed by atoms with E-state index in [0.29, 0.717) is 5.70 Å². The average Bonchev–Trinajstić information content (AvgIpc) is 2.60. The Morgan fingerprint density at radius 3 is 2.39 bits per heavy atom. The van der Waals surface area contributed by atoms with Gasteiger partial charge in [-0.25, -0.2) is 0 Å². The SMILES string of the molecule is N=C/C=C(\N)C(=N)/C=C\C=C\c1ccc(C2CCCCC2)cc1. The molecule has 23 heavy (non-hydrogen) atoms. The smallest absolute Gasteiger partial charge is 0.0769 e. The zero-order chi connectivity index (χ0) is 16.5. The van der Waals surface area contributed by atoms with E-state index in [1.54, 1.807) is 12.2 Å². The van der Waals surface area contributed by atoms with Crippen LogP contribution in [-0.4, -0.2) is 11.9 Å². The van der Waals surface area contributed by atoms with Crippen LogP contribution in [0.25, 0.3) is 6.08 Å². The number of allylic oxidation sites excluding steroid dienone is 4. The number of rotatable bonds is 6. The largest absolute Gasteiger partial charge is 0.397 e. The molecule has 4 N–H and O–H groups in total. The molecule has 1 aliphatic rings. The van der Waals surface area contributed by atoms with Crippen LogP contribution >= 0.6 is 0 Å². The topological polar surface area (TPSA) is 73.7 Å². The maximum atomic E-state index is 7.71. The highest BCUT2D eigenvalue weighted by Gasteiger charge is 2.14. The van der Waals surface area contributed by atoms with Crippen molar-refractivity contribution < 1.29 is 0 Å². The minimum Gasteiger partial charge on any atom is -0.397 e. The number of hydrogen-bond acceptors (Lipinski definition) is 3. The molecule has 1 aromatic rings. The molecule has 0 aromatic heterocycles. The molecular formula is C20H25N3. The molecule has 0 amide bonds. The summed E-state index contributed by atoms with van der Waals surface area (Å²) in [5.41, 5.74) is 8.74. The van der Waals surface area contributed by atoms with Crippen molar-refractivity contribution in [2.24, 2.45) is 5.73 Å². The molecule has 1 saturated carbocycles. The van der Waals surface area contributed by atoms with Gasteiger partial charge in [-0.3, -0.25) is 5.41 Å². The predicted molar refractivity (Wildman–Crippen MR) is 99.2 cm³/mol. The van der Waals surface area contributed by atoms with Crippen molar-refractivity contribution in [2.75, 3.05) is 0 Å². The third-order valence-electron chi connectivity index (χ3n) is 4.25. The van der Waals surface area contributed by atoms with Gasteiger partial charge in [-0.1, -0.05) is 61.8 Å². The molecule has 120 valence electrons. The van der Waals surface area contributed by atoms with Crippen molar-refractivity contribution in [1.29, 1.82) is 10.8 Å². The van der Waals surface area contributed by atoms with Gasteiger partial charge in [0.1, 0.15) is 0 Å². The zero-order valence-corrected chi connectivity index (χ0v) is 13.5. The highest BCUT2D eigenvalue weighted by Crippen LogP contribution is 2.32. The summed E-state index contributed by atoms with van der Waals surface area (Å²) < 4.78 is 0. The van der Waals surface area contributed by atoms with Crippen molar-refractivity contribution >= 4 is 18.0 Å². The summed E-state index contributed by atoms with van der Waals surface area (Å²) in [5, 5.41) is 14.6. The third kappa shape index (κ3) is 5.37. The molecule has 2 rings (SSSR count). The molecule has 0 bridgehead atoms. The van der Waals surface area contributed by atoms with E-state index in [0.717, 1.165) is 17.7 Å². The second-order valence-corrected chi connectivity index (χ2v) is 5.92. The van der Waals surface area contributed by atoms with Crippen molar-refractivity contribution in [3.8, 4) is 0 Å². The maximum Gasteiger partial charge on any atom is 0.0769 e. The minimum atomic E-state index is 0.214. The van der Waals surface area contributed by atoms with E-state index in [9.17, 15) is 0 Å². The molecule has 3 nitrogen and oxygen atoms in total. The van der Waals surface area contributed by atoms with Gasteiger partial charge in [0.2, 0.25) is 0 Å². The van der Waals surface area contributed by atoms with Gasteiger partial charge in [0.25, 0.3) is 0 Å². The molecule has 0 aliphatic heterocycles. The van der Waals surface area contributed by atoms with Crippen LogP contribution in [0.5, 0.6) is 0 Å². The summed E-state index contributed by atoms with van der Waals surface area (Å²) in [6, 6.07) is 8.80. The Labute approximate surface area is 138 Å². The minimum absolute atomic E-state index is 0.214. The molecule has 0 saturated heterocycles. The van der Waals surface area contributed by atoms with Gasteiger partial charge in [-0.2, -0.15) is 0 Å². The van der Waals surface area contributed by atoms with E-state index in [4.69, 9.17) is 16.6 Å². The molecule has 0 radical (unpaired) electrons. The van der Waals surface area contributed by atoms with Crippen LogP contribution in [0, 0.1) is 10.8 Å². The molecule has 1 fully saturated rings. The van der Waals surface area contributed by atoms with Gasteiger partial charge >= 0.3 is 0 Å². The summed E-state index contributed by atoms with van der Waals surface area (Å²) in [4.78, 5) is 0. The van der Waals surface area contributed by atoms with Gasteiger partial charge in [0.15, 0.2) is 0 Å². The van der Waals surface area contributed by atoms with E-state index < -0.39 is 0 Å². The van der Waals surface area contributed by atoms with Crippen LogP contribution in [0.2, 0.25) is 0 Å². The Balaban J connectivity index is 1.91. The first-order chi connectivity index (χ1) is 11.2. The summed E-state index contributed by atoms with van der Waals surface area (Å²) in [7, 11) is 0. The Hall–Kier alpha value is -2.42. The number of benzene rings is 1. The molecule has 1 aromatic carbocycles. The van der Waals surface area contributed by atoms with Crippen molar-refractivity contribution in [3.63, 3.8) is 0 Å². The zero-order valence-electron chi connectivity index (χ0n) is 13.5. The summed E-state index contributed by atoms with van der Waals surface area (Å²) in [6.07, 6.45) is 16.6. The fourth-order valence-corrected chi connectivity index (χ4v) is 2.91.